The molecule has 1 heterocycles. The van der Waals surface area contributed by atoms with Gasteiger partial charge in [0.1, 0.15) is 5.54 Å². The summed E-state index contributed by atoms with van der Waals surface area (Å²) in [7, 11) is 0. The van der Waals surface area contributed by atoms with Gasteiger partial charge in [-0.05, 0) is 49.8 Å². The molecule has 2 aliphatic rings. The van der Waals surface area contributed by atoms with Crippen molar-refractivity contribution in [3.05, 3.63) is 34.9 Å². The molecule has 1 saturated heterocycles. The van der Waals surface area contributed by atoms with Crippen molar-refractivity contribution < 1.29 is 9.59 Å². The first-order chi connectivity index (χ1) is 9.48. The van der Waals surface area contributed by atoms with E-state index in [1.807, 2.05) is 0 Å². The maximum Gasteiger partial charge on any atom is 0.245 e. The number of rotatable bonds is 2. The minimum absolute atomic E-state index is 0.0184. The van der Waals surface area contributed by atoms with Crippen LogP contribution in [0.15, 0.2) is 18.2 Å². The molecule has 0 radical (unpaired) electrons. The highest BCUT2D eigenvalue weighted by Gasteiger charge is 2.41. The quantitative estimate of drug-likeness (QED) is 0.885. The minimum Gasteiger partial charge on any atom is -0.345 e. The van der Waals surface area contributed by atoms with Gasteiger partial charge < -0.3 is 10.2 Å². The number of nitrogens with zero attached hydrogens (tertiary/aromatic N) is 1. The molecule has 2 amide bonds. The fraction of sp³-hybridized carbons (Fsp3) is 0.500. The monoisotopic (exact) mass is 272 g/mol. The fourth-order valence-corrected chi connectivity index (χ4v) is 3.09. The summed E-state index contributed by atoms with van der Waals surface area (Å²) in [6.45, 7) is 4.21. The van der Waals surface area contributed by atoms with Crippen molar-refractivity contribution in [2.45, 2.75) is 45.2 Å². The second-order valence-corrected chi connectivity index (χ2v) is 6.18. The fourth-order valence-electron chi connectivity index (χ4n) is 3.09. The number of hydrogen-bond acceptors (Lipinski definition) is 2. The number of nitrogens with one attached hydrogen (secondary N) is 1. The van der Waals surface area contributed by atoms with Gasteiger partial charge >= 0.3 is 0 Å². The van der Waals surface area contributed by atoms with Crippen molar-refractivity contribution in [2.75, 3.05) is 6.54 Å². The van der Waals surface area contributed by atoms with Gasteiger partial charge in [0.15, 0.2) is 0 Å². The number of benzene rings is 1. The highest BCUT2D eigenvalue weighted by atomic mass is 16.2. The molecular weight excluding hydrogens is 252 g/mol. The van der Waals surface area contributed by atoms with E-state index in [1.54, 1.807) is 18.7 Å². The molecule has 0 saturated carbocycles. The molecule has 1 aliphatic heterocycles. The average molecular weight is 272 g/mol. The number of piperazine rings is 1. The van der Waals surface area contributed by atoms with Gasteiger partial charge in [-0.3, -0.25) is 9.59 Å². The molecule has 1 aromatic rings. The molecule has 106 valence electrons. The molecule has 1 aromatic carbocycles. The van der Waals surface area contributed by atoms with E-state index in [0.717, 1.165) is 18.4 Å². The number of aryl methyl sites for hydroxylation is 2. The molecule has 20 heavy (non-hydrogen) atoms. The van der Waals surface area contributed by atoms with Crippen LogP contribution >= 0.6 is 0 Å². The zero-order valence-electron chi connectivity index (χ0n) is 12.0. The van der Waals surface area contributed by atoms with Crippen molar-refractivity contribution in [1.29, 1.82) is 0 Å². The number of hydrogen-bond donors (Lipinski definition) is 1. The SMILES string of the molecule is CC1(C)C(=O)NCC(=O)N1Cc1ccc2c(c1)CCC2. The summed E-state index contributed by atoms with van der Waals surface area (Å²) in [4.78, 5) is 25.7. The van der Waals surface area contributed by atoms with Crippen LogP contribution in [-0.4, -0.2) is 28.8 Å². The third kappa shape index (κ3) is 2.09. The van der Waals surface area contributed by atoms with Crippen LogP contribution in [0.5, 0.6) is 0 Å². The minimum atomic E-state index is -0.783. The molecule has 0 atom stereocenters. The Kier molecular flexibility index (Phi) is 3.04. The van der Waals surface area contributed by atoms with E-state index in [2.05, 4.69) is 23.5 Å². The third-order valence-corrected chi connectivity index (χ3v) is 4.44. The molecule has 0 unspecified atom stereocenters. The standard InChI is InChI=1S/C16H20N2O2/c1-16(2)15(20)17-9-14(19)18(16)10-11-6-7-12-4-3-5-13(12)8-11/h6-8H,3-5,9-10H2,1-2H3,(H,17,20). The lowest BCUT2D eigenvalue weighted by Gasteiger charge is -2.41. The first-order valence-electron chi connectivity index (χ1n) is 7.18. The lowest BCUT2D eigenvalue weighted by Crippen LogP contribution is -2.63. The van der Waals surface area contributed by atoms with Gasteiger partial charge in [-0.2, -0.15) is 0 Å². The van der Waals surface area contributed by atoms with Crippen LogP contribution < -0.4 is 5.32 Å². The van der Waals surface area contributed by atoms with Crippen LogP contribution in [-0.2, 0) is 29.0 Å². The van der Waals surface area contributed by atoms with E-state index in [4.69, 9.17) is 0 Å². The Hall–Kier alpha value is -1.84. The van der Waals surface area contributed by atoms with E-state index in [0.29, 0.717) is 6.54 Å². The summed E-state index contributed by atoms with van der Waals surface area (Å²) < 4.78 is 0. The largest absolute Gasteiger partial charge is 0.345 e. The van der Waals surface area contributed by atoms with Crippen LogP contribution in [0.3, 0.4) is 0 Å². The lowest BCUT2D eigenvalue weighted by atomic mass is 9.97. The van der Waals surface area contributed by atoms with Gasteiger partial charge in [-0.15, -0.1) is 0 Å². The molecule has 1 N–H and O–H groups in total. The van der Waals surface area contributed by atoms with Crippen LogP contribution in [0, 0.1) is 0 Å². The number of fused-ring (bicyclic) bond motifs is 1. The van der Waals surface area contributed by atoms with E-state index < -0.39 is 5.54 Å². The summed E-state index contributed by atoms with van der Waals surface area (Å²) in [6.07, 6.45) is 3.50. The first kappa shape index (κ1) is 13.2. The molecule has 4 nitrogen and oxygen atoms in total. The highest BCUT2D eigenvalue weighted by molar-refractivity contribution is 5.97. The van der Waals surface area contributed by atoms with Crippen LogP contribution in [0.4, 0.5) is 0 Å². The molecule has 1 fully saturated rings. The smallest absolute Gasteiger partial charge is 0.245 e. The van der Waals surface area contributed by atoms with E-state index in [1.165, 1.54) is 17.5 Å². The Morgan fingerprint density at radius 1 is 1.20 bits per heavy atom. The second kappa shape index (κ2) is 4.62. The van der Waals surface area contributed by atoms with Crippen LogP contribution in [0.1, 0.15) is 37.0 Å². The molecule has 1 aliphatic carbocycles. The molecule has 3 rings (SSSR count). The second-order valence-electron chi connectivity index (χ2n) is 6.18. The molecular formula is C16H20N2O2. The van der Waals surface area contributed by atoms with Gasteiger partial charge in [0, 0.05) is 6.54 Å². The normalized spacial score (nSPS) is 20.8. The van der Waals surface area contributed by atoms with Crippen molar-refractivity contribution in [3.8, 4) is 0 Å². The van der Waals surface area contributed by atoms with Gasteiger partial charge in [0.25, 0.3) is 0 Å². The van der Waals surface area contributed by atoms with Crippen molar-refractivity contribution in [3.63, 3.8) is 0 Å². The van der Waals surface area contributed by atoms with Crippen molar-refractivity contribution in [2.24, 2.45) is 0 Å². The molecule has 0 aromatic heterocycles. The van der Waals surface area contributed by atoms with Gasteiger partial charge in [0.2, 0.25) is 11.8 Å². The summed E-state index contributed by atoms with van der Waals surface area (Å²) in [5.74, 6) is -0.103. The lowest BCUT2D eigenvalue weighted by molar-refractivity contribution is -0.152. The Morgan fingerprint density at radius 3 is 2.75 bits per heavy atom. The molecule has 4 heteroatoms. The van der Waals surface area contributed by atoms with Crippen molar-refractivity contribution >= 4 is 11.8 Å². The summed E-state index contributed by atoms with van der Waals surface area (Å²) in [6, 6.07) is 6.44. The Balaban J connectivity index is 1.85. The van der Waals surface area contributed by atoms with Crippen LogP contribution in [0.25, 0.3) is 0 Å². The Labute approximate surface area is 119 Å². The van der Waals surface area contributed by atoms with Crippen molar-refractivity contribution in [1.82, 2.24) is 10.2 Å². The third-order valence-electron chi connectivity index (χ3n) is 4.44. The topological polar surface area (TPSA) is 49.4 Å². The number of carbonyl (C=O) groups excluding carboxylic acids is 2. The maximum atomic E-state index is 12.1. The van der Waals surface area contributed by atoms with E-state index in [-0.39, 0.29) is 18.4 Å². The van der Waals surface area contributed by atoms with Gasteiger partial charge in [-0.25, -0.2) is 0 Å². The maximum absolute atomic E-state index is 12.1. The summed E-state index contributed by atoms with van der Waals surface area (Å²) >= 11 is 0. The zero-order chi connectivity index (χ0) is 14.3. The van der Waals surface area contributed by atoms with Gasteiger partial charge in [0.05, 0.1) is 6.54 Å². The van der Waals surface area contributed by atoms with E-state index >= 15 is 0 Å². The Bertz CT molecular complexity index is 578. The van der Waals surface area contributed by atoms with Gasteiger partial charge in [-0.1, -0.05) is 18.2 Å². The predicted octanol–water partition coefficient (Wildman–Crippen LogP) is 1.41. The Morgan fingerprint density at radius 2 is 1.95 bits per heavy atom. The van der Waals surface area contributed by atoms with E-state index in [9.17, 15) is 9.59 Å². The number of amides is 2. The summed E-state index contributed by atoms with van der Waals surface area (Å²) in [5, 5.41) is 2.65. The highest BCUT2D eigenvalue weighted by Crippen LogP contribution is 2.26. The summed E-state index contributed by atoms with van der Waals surface area (Å²) in [5.41, 5.74) is 3.15. The number of carbonyl (C=O) groups is 2. The average Bonchev–Trinajstić information content (AvgIpc) is 2.87. The predicted molar refractivity (Wildman–Crippen MR) is 76.1 cm³/mol. The van der Waals surface area contributed by atoms with Crippen LogP contribution in [0.2, 0.25) is 0 Å². The molecule has 0 spiro atoms. The molecule has 0 bridgehead atoms. The first-order valence-corrected chi connectivity index (χ1v) is 7.18. The zero-order valence-corrected chi connectivity index (χ0v) is 12.0.